The number of urea groups is 1. The molecule has 0 unspecified atom stereocenters. The molecule has 1 aromatic heterocycles. The van der Waals surface area contributed by atoms with Crippen LogP contribution in [0.3, 0.4) is 0 Å². The van der Waals surface area contributed by atoms with Crippen molar-refractivity contribution in [2.45, 2.75) is 20.8 Å². The van der Waals surface area contributed by atoms with Gasteiger partial charge in [-0.1, -0.05) is 0 Å². The van der Waals surface area contributed by atoms with Crippen molar-refractivity contribution in [3.05, 3.63) is 64.9 Å². The van der Waals surface area contributed by atoms with Crippen molar-refractivity contribution < 1.29 is 14.0 Å². The minimum Gasteiger partial charge on any atom is -0.372 e. The van der Waals surface area contributed by atoms with E-state index in [4.69, 9.17) is 0 Å². The first kappa shape index (κ1) is 22.2. The van der Waals surface area contributed by atoms with Crippen LogP contribution >= 0.6 is 11.3 Å². The number of hydrogen-bond donors (Lipinski definition) is 3. The first-order valence-corrected chi connectivity index (χ1v) is 10.7. The van der Waals surface area contributed by atoms with Gasteiger partial charge in [0.15, 0.2) is 5.13 Å². The number of carbonyl (C=O) groups is 2. The van der Waals surface area contributed by atoms with Crippen LogP contribution in [0.1, 0.15) is 29.9 Å². The average molecular weight is 442 g/mol. The summed E-state index contributed by atoms with van der Waals surface area (Å²) in [5.41, 5.74) is 3.40. The molecule has 0 atom stereocenters. The highest BCUT2D eigenvalue weighted by Crippen LogP contribution is 2.24. The third-order valence-corrected chi connectivity index (χ3v) is 5.40. The molecule has 0 aliphatic heterocycles. The van der Waals surface area contributed by atoms with E-state index in [2.05, 4.69) is 39.7 Å². The van der Waals surface area contributed by atoms with Crippen molar-refractivity contribution in [3.63, 3.8) is 0 Å². The summed E-state index contributed by atoms with van der Waals surface area (Å²) in [5, 5.41) is 9.85. The van der Waals surface area contributed by atoms with Crippen LogP contribution in [-0.4, -0.2) is 30.0 Å². The van der Waals surface area contributed by atoms with Crippen LogP contribution in [0.5, 0.6) is 0 Å². The molecule has 0 bridgehead atoms. The van der Waals surface area contributed by atoms with Crippen LogP contribution in [0, 0.1) is 12.7 Å². The molecule has 1 heterocycles. The summed E-state index contributed by atoms with van der Waals surface area (Å²) in [7, 11) is 0. The Balaban J connectivity index is 1.61. The van der Waals surface area contributed by atoms with Crippen molar-refractivity contribution in [2.75, 3.05) is 33.9 Å². The lowest BCUT2D eigenvalue weighted by atomic mass is 10.1. The Bertz CT molecular complexity index is 1060. The molecular formula is C22H24FN5O2S. The Morgan fingerprint density at radius 3 is 2.39 bits per heavy atom. The molecule has 2 aromatic carbocycles. The van der Waals surface area contributed by atoms with E-state index >= 15 is 0 Å². The number of thiazole rings is 1. The highest BCUT2D eigenvalue weighted by Gasteiger charge is 2.14. The number of nitrogens with zero attached hydrogens (tertiary/aromatic N) is 2. The van der Waals surface area contributed by atoms with Gasteiger partial charge in [0.25, 0.3) is 5.91 Å². The molecule has 0 radical (unpaired) electrons. The first-order chi connectivity index (χ1) is 14.9. The molecule has 0 fully saturated rings. The Morgan fingerprint density at radius 2 is 1.74 bits per heavy atom. The summed E-state index contributed by atoms with van der Waals surface area (Å²) >= 11 is 1.14. The lowest BCUT2D eigenvalue weighted by Gasteiger charge is -2.22. The van der Waals surface area contributed by atoms with E-state index in [0.29, 0.717) is 11.4 Å². The highest BCUT2D eigenvalue weighted by atomic mass is 32.1. The second-order valence-corrected chi connectivity index (χ2v) is 7.61. The molecule has 9 heteroatoms. The zero-order chi connectivity index (χ0) is 22.4. The average Bonchev–Trinajstić information content (AvgIpc) is 3.21. The third kappa shape index (κ3) is 5.79. The van der Waals surface area contributed by atoms with Crippen molar-refractivity contribution in [3.8, 4) is 0 Å². The maximum absolute atomic E-state index is 12.9. The number of hydrogen-bond acceptors (Lipinski definition) is 5. The van der Waals surface area contributed by atoms with E-state index < -0.39 is 6.03 Å². The van der Waals surface area contributed by atoms with Crippen LogP contribution in [0.4, 0.5) is 31.4 Å². The standard InChI is InChI=1S/C22H24FN5O2S/c1-4-28(5-2)17-10-11-18(14(3)12-17)25-20(29)19-13-31-22(26-19)27-21(30)24-16-8-6-15(23)7-9-16/h6-13H,4-5H2,1-3H3,(H,25,29)(H2,24,26,27,30). The summed E-state index contributed by atoms with van der Waals surface area (Å²) in [6.45, 7) is 7.96. The number of nitrogens with one attached hydrogen (secondary N) is 3. The van der Waals surface area contributed by atoms with E-state index in [9.17, 15) is 14.0 Å². The number of aryl methyl sites for hydroxylation is 1. The molecule has 0 aliphatic rings. The van der Waals surface area contributed by atoms with Gasteiger partial charge in [-0.05, 0) is 68.8 Å². The van der Waals surface area contributed by atoms with Crippen LogP contribution < -0.4 is 20.9 Å². The number of rotatable bonds is 7. The minimum atomic E-state index is -0.532. The Hall–Kier alpha value is -3.46. The van der Waals surface area contributed by atoms with Crippen molar-refractivity contribution in [1.29, 1.82) is 0 Å². The molecule has 31 heavy (non-hydrogen) atoms. The zero-order valence-corrected chi connectivity index (χ0v) is 18.3. The van der Waals surface area contributed by atoms with Gasteiger partial charge >= 0.3 is 6.03 Å². The van der Waals surface area contributed by atoms with E-state index in [1.54, 1.807) is 5.38 Å². The summed E-state index contributed by atoms with van der Waals surface area (Å²) in [4.78, 5) is 31.0. The second-order valence-electron chi connectivity index (χ2n) is 6.75. The summed E-state index contributed by atoms with van der Waals surface area (Å²) in [5.74, 6) is -0.749. The SMILES string of the molecule is CCN(CC)c1ccc(NC(=O)c2csc(NC(=O)Nc3ccc(F)cc3)n2)c(C)c1. The fourth-order valence-corrected chi connectivity index (χ4v) is 3.67. The summed E-state index contributed by atoms with van der Waals surface area (Å²) in [6, 6.07) is 10.8. The molecule has 7 nitrogen and oxygen atoms in total. The molecule has 0 saturated carbocycles. The van der Waals surface area contributed by atoms with E-state index in [1.807, 2.05) is 25.1 Å². The predicted octanol–water partition coefficient (Wildman–Crippen LogP) is 5.33. The Labute approximate surface area is 184 Å². The largest absolute Gasteiger partial charge is 0.372 e. The normalized spacial score (nSPS) is 10.5. The first-order valence-electron chi connectivity index (χ1n) is 9.85. The van der Waals surface area contributed by atoms with E-state index in [-0.39, 0.29) is 22.5 Å². The third-order valence-electron chi connectivity index (χ3n) is 4.65. The topological polar surface area (TPSA) is 86.4 Å². The van der Waals surface area contributed by atoms with Gasteiger partial charge in [-0.15, -0.1) is 11.3 Å². The maximum atomic E-state index is 12.9. The van der Waals surface area contributed by atoms with Gasteiger partial charge in [-0.3, -0.25) is 10.1 Å². The smallest absolute Gasteiger partial charge is 0.325 e. The number of anilines is 4. The van der Waals surface area contributed by atoms with Gasteiger partial charge < -0.3 is 15.5 Å². The quantitative estimate of drug-likeness (QED) is 0.462. The lowest BCUT2D eigenvalue weighted by molar-refractivity contribution is 0.102. The Kier molecular flexibility index (Phi) is 7.19. The van der Waals surface area contributed by atoms with Gasteiger partial charge in [-0.25, -0.2) is 14.2 Å². The van der Waals surface area contributed by atoms with Crippen molar-refractivity contribution in [2.24, 2.45) is 0 Å². The molecule has 3 aromatic rings. The number of benzene rings is 2. The molecule has 162 valence electrons. The van der Waals surface area contributed by atoms with Crippen LogP contribution in [0.15, 0.2) is 47.8 Å². The molecule has 3 rings (SSSR count). The monoisotopic (exact) mass is 441 g/mol. The number of carbonyl (C=O) groups excluding carboxylic acids is 2. The zero-order valence-electron chi connectivity index (χ0n) is 17.5. The number of halogens is 1. The molecule has 0 spiro atoms. The van der Waals surface area contributed by atoms with Gasteiger partial charge in [0, 0.05) is 35.5 Å². The number of amides is 3. The van der Waals surface area contributed by atoms with Gasteiger partial charge in [0.05, 0.1) is 0 Å². The van der Waals surface area contributed by atoms with Gasteiger partial charge in [-0.2, -0.15) is 0 Å². The highest BCUT2D eigenvalue weighted by molar-refractivity contribution is 7.14. The van der Waals surface area contributed by atoms with Gasteiger partial charge in [0.2, 0.25) is 0 Å². The lowest BCUT2D eigenvalue weighted by Crippen LogP contribution is -2.22. The molecule has 0 aliphatic carbocycles. The van der Waals surface area contributed by atoms with Gasteiger partial charge in [0.1, 0.15) is 11.5 Å². The fraction of sp³-hybridized carbons (Fsp3) is 0.227. The second kappa shape index (κ2) is 10.0. The van der Waals surface area contributed by atoms with Crippen molar-refractivity contribution in [1.82, 2.24) is 4.98 Å². The predicted molar refractivity (Wildman–Crippen MR) is 124 cm³/mol. The van der Waals surface area contributed by atoms with Crippen LogP contribution in [-0.2, 0) is 0 Å². The Morgan fingerprint density at radius 1 is 1.03 bits per heavy atom. The minimum absolute atomic E-state index is 0.203. The molecule has 3 amide bonds. The summed E-state index contributed by atoms with van der Waals surface area (Å²) < 4.78 is 12.9. The number of aromatic nitrogens is 1. The van der Waals surface area contributed by atoms with E-state index in [0.717, 1.165) is 35.7 Å². The molecule has 3 N–H and O–H groups in total. The van der Waals surface area contributed by atoms with Crippen LogP contribution in [0.2, 0.25) is 0 Å². The molecular weight excluding hydrogens is 417 g/mol. The molecule has 0 saturated heterocycles. The van der Waals surface area contributed by atoms with E-state index in [1.165, 1.54) is 24.3 Å². The van der Waals surface area contributed by atoms with Crippen LogP contribution in [0.25, 0.3) is 0 Å². The maximum Gasteiger partial charge on any atom is 0.325 e. The fourth-order valence-electron chi connectivity index (χ4n) is 2.99. The van der Waals surface area contributed by atoms with Crippen molar-refractivity contribution >= 4 is 45.5 Å². The summed E-state index contributed by atoms with van der Waals surface area (Å²) in [6.07, 6.45) is 0.